The van der Waals surface area contributed by atoms with Gasteiger partial charge in [-0.05, 0) is 57.2 Å². The third kappa shape index (κ3) is 3.55. The number of ether oxygens (including phenoxy) is 2. The molecular weight excluding hydrogens is 264 g/mol. The van der Waals surface area contributed by atoms with Crippen molar-refractivity contribution in [1.29, 1.82) is 0 Å². The van der Waals surface area contributed by atoms with Crippen molar-refractivity contribution in [2.75, 3.05) is 20.8 Å². The molecule has 1 N–H and O–H groups in total. The van der Waals surface area contributed by atoms with Crippen LogP contribution in [0.5, 0.6) is 5.75 Å². The summed E-state index contributed by atoms with van der Waals surface area (Å²) in [6.07, 6.45) is 8.27. The molecular formula is C17H28N2O2. The molecule has 0 spiro atoms. The monoisotopic (exact) mass is 292 g/mol. The third-order valence-electron chi connectivity index (χ3n) is 4.72. The van der Waals surface area contributed by atoms with Crippen molar-refractivity contribution >= 4 is 0 Å². The van der Waals surface area contributed by atoms with E-state index in [2.05, 4.69) is 23.3 Å². The molecule has 118 valence electrons. The average Bonchev–Trinajstić information content (AvgIpc) is 2.51. The van der Waals surface area contributed by atoms with E-state index in [9.17, 15) is 0 Å². The fraction of sp³-hybridized carbons (Fsp3) is 0.706. The second-order valence-corrected chi connectivity index (χ2v) is 6.06. The molecule has 2 rings (SSSR count). The van der Waals surface area contributed by atoms with Crippen LogP contribution in [0.15, 0.2) is 18.5 Å². The minimum absolute atomic E-state index is 0.142. The van der Waals surface area contributed by atoms with Crippen molar-refractivity contribution in [2.45, 2.75) is 51.2 Å². The minimum Gasteiger partial charge on any atom is -0.492 e. The van der Waals surface area contributed by atoms with Gasteiger partial charge in [0.15, 0.2) is 0 Å². The molecule has 1 aliphatic carbocycles. The van der Waals surface area contributed by atoms with Gasteiger partial charge in [0, 0.05) is 13.3 Å². The lowest BCUT2D eigenvalue weighted by molar-refractivity contribution is -0.0746. The Labute approximate surface area is 128 Å². The minimum atomic E-state index is -0.145. The molecule has 1 aromatic rings. The molecule has 1 fully saturated rings. The highest BCUT2D eigenvalue weighted by Crippen LogP contribution is 2.43. The molecule has 21 heavy (non-hydrogen) atoms. The number of pyridine rings is 1. The quantitative estimate of drug-likeness (QED) is 0.873. The molecule has 1 heterocycles. The van der Waals surface area contributed by atoms with E-state index in [0.717, 1.165) is 30.1 Å². The van der Waals surface area contributed by atoms with E-state index in [1.54, 1.807) is 6.20 Å². The van der Waals surface area contributed by atoms with Gasteiger partial charge in [-0.2, -0.15) is 0 Å². The first-order valence-electron chi connectivity index (χ1n) is 7.95. The smallest absolute Gasteiger partial charge is 0.137 e. The van der Waals surface area contributed by atoms with Crippen molar-refractivity contribution in [1.82, 2.24) is 10.3 Å². The number of likely N-dealkylation sites (N-methyl/N-ethyl adjacent to an activating group) is 1. The highest BCUT2D eigenvalue weighted by Gasteiger charge is 2.41. The molecule has 0 saturated heterocycles. The van der Waals surface area contributed by atoms with Gasteiger partial charge >= 0.3 is 0 Å². The number of hydrogen-bond acceptors (Lipinski definition) is 4. The van der Waals surface area contributed by atoms with Gasteiger partial charge in [-0.1, -0.05) is 6.92 Å². The molecule has 1 atom stereocenters. The van der Waals surface area contributed by atoms with Gasteiger partial charge < -0.3 is 14.8 Å². The number of nitrogens with zero attached hydrogens (tertiary/aromatic N) is 1. The Balaban J connectivity index is 2.26. The predicted molar refractivity (Wildman–Crippen MR) is 84.6 cm³/mol. The van der Waals surface area contributed by atoms with Gasteiger partial charge in [-0.25, -0.2) is 0 Å². The lowest BCUT2D eigenvalue weighted by Gasteiger charge is -2.44. The normalized spacial score (nSPS) is 27.3. The Morgan fingerprint density at radius 1 is 1.38 bits per heavy atom. The summed E-state index contributed by atoms with van der Waals surface area (Å²) >= 11 is 0. The van der Waals surface area contributed by atoms with Crippen LogP contribution in [0.2, 0.25) is 0 Å². The first kappa shape index (κ1) is 16.2. The van der Waals surface area contributed by atoms with Crippen LogP contribution in [0.1, 0.15) is 51.1 Å². The summed E-state index contributed by atoms with van der Waals surface area (Å²) < 4.78 is 11.6. The van der Waals surface area contributed by atoms with E-state index in [0.29, 0.717) is 6.61 Å². The van der Waals surface area contributed by atoms with Gasteiger partial charge in [0.25, 0.3) is 0 Å². The van der Waals surface area contributed by atoms with Gasteiger partial charge in [-0.3, -0.25) is 4.98 Å². The van der Waals surface area contributed by atoms with Crippen molar-refractivity contribution in [2.24, 2.45) is 5.92 Å². The molecule has 0 bridgehead atoms. The van der Waals surface area contributed by atoms with Gasteiger partial charge in [0.05, 0.1) is 24.4 Å². The van der Waals surface area contributed by atoms with Gasteiger partial charge in [0.2, 0.25) is 0 Å². The summed E-state index contributed by atoms with van der Waals surface area (Å²) in [6, 6.07) is 2.22. The Bertz CT molecular complexity index is 442. The summed E-state index contributed by atoms with van der Waals surface area (Å²) in [7, 11) is 3.83. The Morgan fingerprint density at radius 3 is 2.67 bits per heavy atom. The summed E-state index contributed by atoms with van der Waals surface area (Å²) in [5.41, 5.74) is 0.994. The zero-order valence-corrected chi connectivity index (χ0v) is 13.7. The zero-order chi connectivity index (χ0) is 15.3. The van der Waals surface area contributed by atoms with E-state index in [-0.39, 0.29) is 11.6 Å². The zero-order valence-electron chi connectivity index (χ0n) is 13.7. The number of rotatable bonds is 6. The SMILES string of the molecule is CCOc1cncc(C(NC)C2(OC)CCC(C)CC2)c1. The summed E-state index contributed by atoms with van der Waals surface area (Å²) in [5, 5.41) is 3.44. The maximum atomic E-state index is 6.00. The third-order valence-corrected chi connectivity index (χ3v) is 4.72. The number of methoxy groups -OCH3 is 1. The molecule has 1 unspecified atom stereocenters. The lowest BCUT2D eigenvalue weighted by Crippen LogP contribution is -2.47. The van der Waals surface area contributed by atoms with E-state index in [1.165, 1.54) is 12.8 Å². The second kappa shape index (κ2) is 7.23. The highest BCUT2D eigenvalue weighted by atomic mass is 16.5. The molecule has 1 aliphatic rings. The Hall–Kier alpha value is -1.13. The summed E-state index contributed by atoms with van der Waals surface area (Å²) in [5.74, 6) is 1.62. The van der Waals surface area contributed by atoms with Crippen LogP contribution < -0.4 is 10.1 Å². The fourth-order valence-electron chi connectivity index (χ4n) is 3.43. The predicted octanol–water partition coefficient (Wildman–Crippen LogP) is 3.34. The van der Waals surface area contributed by atoms with Crippen LogP contribution >= 0.6 is 0 Å². The van der Waals surface area contributed by atoms with E-state index in [4.69, 9.17) is 9.47 Å². The second-order valence-electron chi connectivity index (χ2n) is 6.06. The van der Waals surface area contributed by atoms with Crippen LogP contribution in [0.4, 0.5) is 0 Å². The van der Waals surface area contributed by atoms with Crippen LogP contribution in [-0.2, 0) is 4.74 Å². The Kier molecular flexibility index (Phi) is 5.59. The molecule has 0 aromatic carbocycles. The highest BCUT2D eigenvalue weighted by molar-refractivity contribution is 5.28. The van der Waals surface area contributed by atoms with Crippen molar-refractivity contribution < 1.29 is 9.47 Å². The largest absolute Gasteiger partial charge is 0.492 e. The average molecular weight is 292 g/mol. The van der Waals surface area contributed by atoms with Crippen molar-refractivity contribution in [3.8, 4) is 5.75 Å². The molecule has 0 amide bonds. The van der Waals surface area contributed by atoms with Gasteiger partial charge in [0.1, 0.15) is 5.75 Å². The maximum absolute atomic E-state index is 6.00. The number of hydrogen-bond donors (Lipinski definition) is 1. The van der Waals surface area contributed by atoms with Crippen LogP contribution in [0.3, 0.4) is 0 Å². The molecule has 0 radical (unpaired) electrons. The summed E-state index contributed by atoms with van der Waals surface area (Å²) in [6.45, 7) is 4.97. The van der Waals surface area contributed by atoms with Gasteiger partial charge in [-0.15, -0.1) is 0 Å². The van der Waals surface area contributed by atoms with E-state index < -0.39 is 0 Å². The molecule has 1 aromatic heterocycles. The van der Waals surface area contributed by atoms with Crippen LogP contribution in [0, 0.1) is 5.92 Å². The number of aromatic nitrogens is 1. The maximum Gasteiger partial charge on any atom is 0.137 e. The summed E-state index contributed by atoms with van der Waals surface area (Å²) in [4.78, 5) is 4.33. The molecule has 1 saturated carbocycles. The molecule has 4 heteroatoms. The van der Waals surface area contributed by atoms with E-state index in [1.807, 2.05) is 27.3 Å². The van der Waals surface area contributed by atoms with Crippen LogP contribution in [0.25, 0.3) is 0 Å². The lowest BCUT2D eigenvalue weighted by atomic mass is 9.73. The van der Waals surface area contributed by atoms with Crippen molar-refractivity contribution in [3.05, 3.63) is 24.0 Å². The number of nitrogens with one attached hydrogen (secondary N) is 1. The first-order valence-corrected chi connectivity index (χ1v) is 7.95. The first-order chi connectivity index (χ1) is 10.1. The van der Waals surface area contributed by atoms with Crippen LogP contribution in [-0.4, -0.2) is 31.3 Å². The van der Waals surface area contributed by atoms with Crippen molar-refractivity contribution in [3.63, 3.8) is 0 Å². The van der Waals surface area contributed by atoms with E-state index >= 15 is 0 Å². The standard InChI is InChI=1S/C17H28N2O2/c1-5-21-15-10-14(11-19-12-15)16(18-3)17(20-4)8-6-13(2)7-9-17/h10-13,16,18H,5-9H2,1-4H3. The fourth-order valence-corrected chi connectivity index (χ4v) is 3.43. The topological polar surface area (TPSA) is 43.4 Å². The molecule has 0 aliphatic heterocycles. The Morgan fingerprint density at radius 2 is 2.10 bits per heavy atom. The molecule has 4 nitrogen and oxygen atoms in total.